The van der Waals surface area contributed by atoms with E-state index in [0.717, 1.165) is 12.1 Å². The Balaban J connectivity index is 1.73. The van der Waals surface area contributed by atoms with Gasteiger partial charge < -0.3 is 5.11 Å². The van der Waals surface area contributed by atoms with Gasteiger partial charge in [0.2, 0.25) is 5.91 Å². The van der Waals surface area contributed by atoms with Crippen LogP contribution >= 0.6 is 0 Å². The number of hydrogen-bond acceptors (Lipinski definition) is 2. The summed E-state index contributed by atoms with van der Waals surface area (Å²) in [6.45, 7) is 0. The highest BCUT2D eigenvalue weighted by atomic mass is 16.3. The summed E-state index contributed by atoms with van der Waals surface area (Å²) in [7, 11) is 0. The number of aliphatic hydroxyl groups is 1. The maximum Gasteiger partial charge on any atom is 0.232 e. The Labute approximate surface area is 106 Å². The molecule has 2 bridgehead atoms. The summed E-state index contributed by atoms with van der Waals surface area (Å²) in [5, 5.41) is 10.5. The van der Waals surface area contributed by atoms with E-state index in [4.69, 9.17) is 0 Å². The van der Waals surface area contributed by atoms with E-state index in [0.29, 0.717) is 11.8 Å². The number of para-hydroxylation sites is 1. The minimum absolute atomic E-state index is 0.0824. The zero-order valence-electron chi connectivity index (χ0n) is 10.2. The van der Waals surface area contributed by atoms with Gasteiger partial charge in [0.15, 0.2) is 0 Å². The van der Waals surface area contributed by atoms with Crippen molar-refractivity contribution in [1.29, 1.82) is 0 Å². The van der Waals surface area contributed by atoms with E-state index in [9.17, 15) is 9.90 Å². The second-order valence-electron chi connectivity index (χ2n) is 5.89. The molecular weight excluding hydrogens is 226 g/mol. The first-order chi connectivity index (χ1) is 8.77. The number of amides is 1. The van der Waals surface area contributed by atoms with Gasteiger partial charge in [0.1, 0.15) is 6.23 Å². The van der Waals surface area contributed by atoms with Crippen LogP contribution in [-0.4, -0.2) is 17.2 Å². The Morgan fingerprint density at radius 3 is 2.56 bits per heavy atom. The summed E-state index contributed by atoms with van der Waals surface area (Å²) in [4.78, 5) is 14.2. The fraction of sp³-hybridized carbons (Fsp3) is 0.533. The van der Waals surface area contributed by atoms with Gasteiger partial charge in [-0.3, -0.25) is 9.69 Å². The molecule has 3 aliphatic rings. The molecule has 0 aromatic heterocycles. The Hall–Kier alpha value is -1.35. The number of benzene rings is 1. The number of carbonyl (C=O) groups is 1. The number of anilines is 1. The van der Waals surface area contributed by atoms with Crippen molar-refractivity contribution in [3.63, 3.8) is 0 Å². The molecule has 4 rings (SSSR count). The highest BCUT2D eigenvalue weighted by Crippen LogP contribution is 2.57. The normalized spacial score (nSPS) is 41.5. The van der Waals surface area contributed by atoms with Crippen molar-refractivity contribution in [3.8, 4) is 0 Å². The zero-order valence-corrected chi connectivity index (χ0v) is 10.2. The average Bonchev–Trinajstić information content (AvgIpc) is 3.05. The molecule has 5 atom stereocenters. The van der Waals surface area contributed by atoms with E-state index in [1.807, 2.05) is 30.3 Å². The molecule has 2 aliphatic carbocycles. The van der Waals surface area contributed by atoms with Crippen molar-refractivity contribution < 1.29 is 9.90 Å². The molecule has 2 saturated carbocycles. The van der Waals surface area contributed by atoms with E-state index in [2.05, 4.69) is 0 Å². The largest absolute Gasteiger partial charge is 0.373 e. The monoisotopic (exact) mass is 243 g/mol. The second-order valence-corrected chi connectivity index (χ2v) is 5.89. The molecule has 1 aromatic carbocycles. The summed E-state index contributed by atoms with van der Waals surface area (Å²) in [5.41, 5.74) is 0.837. The van der Waals surface area contributed by atoms with Gasteiger partial charge in [-0.15, -0.1) is 0 Å². The number of aliphatic hydroxyl groups excluding tert-OH is 1. The lowest BCUT2D eigenvalue weighted by atomic mass is 9.81. The topological polar surface area (TPSA) is 40.5 Å². The molecule has 1 heterocycles. The predicted molar refractivity (Wildman–Crippen MR) is 67.7 cm³/mol. The first kappa shape index (κ1) is 10.6. The SMILES string of the molecule is O=C1C2C3CCC(C3)C2C(O)N1c1ccccc1. The third-order valence-corrected chi connectivity index (χ3v) is 5.15. The summed E-state index contributed by atoms with van der Waals surface area (Å²) in [6, 6.07) is 9.57. The number of nitrogens with zero attached hydrogens (tertiary/aromatic N) is 1. The molecule has 0 spiro atoms. The lowest BCUT2D eigenvalue weighted by molar-refractivity contribution is -0.122. The van der Waals surface area contributed by atoms with E-state index in [1.54, 1.807) is 4.90 Å². The molecule has 1 N–H and O–H groups in total. The average molecular weight is 243 g/mol. The summed E-state index contributed by atoms with van der Waals surface area (Å²) >= 11 is 0. The van der Waals surface area contributed by atoms with Crippen LogP contribution < -0.4 is 4.90 Å². The standard InChI is InChI=1S/C15H17NO2/c17-14-12-9-6-7-10(8-9)13(12)15(18)16(14)11-4-2-1-3-5-11/h1-5,9-10,12-14,17H,6-8H2. The van der Waals surface area contributed by atoms with Crippen LogP contribution in [0.2, 0.25) is 0 Å². The summed E-state index contributed by atoms with van der Waals surface area (Å²) in [5.74, 6) is 1.49. The Bertz CT molecular complexity index is 487. The maximum absolute atomic E-state index is 12.6. The summed E-state index contributed by atoms with van der Waals surface area (Å²) < 4.78 is 0. The Morgan fingerprint density at radius 2 is 1.83 bits per heavy atom. The Morgan fingerprint density at radius 1 is 1.11 bits per heavy atom. The van der Waals surface area contributed by atoms with Gasteiger partial charge in [0.05, 0.1) is 0 Å². The first-order valence-corrected chi connectivity index (χ1v) is 6.83. The van der Waals surface area contributed by atoms with Crippen LogP contribution in [0.5, 0.6) is 0 Å². The van der Waals surface area contributed by atoms with Gasteiger partial charge in [-0.05, 0) is 43.2 Å². The minimum atomic E-state index is -0.611. The molecule has 1 amide bonds. The van der Waals surface area contributed by atoms with Crippen LogP contribution in [0.3, 0.4) is 0 Å². The van der Waals surface area contributed by atoms with Crippen molar-refractivity contribution >= 4 is 11.6 Å². The van der Waals surface area contributed by atoms with Gasteiger partial charge in [0.25, 0.3) is 0 Å². The molecule has 3 heteroatoms. The maximum atomic E-state index is 12.6. The lowest BCUT2D eigenvalue weighted by Crippen LogP contribution is -2.36. The highest BCUT2D eigenvalue weighted by molar-refractivity contribution is 5.98. The molecule has 18 heavy (non-hydrogen) atoms. The summed E-state index contributed by atoms with van der Waals surface area (Å²) in [6.07, 6.45) is 2.91. The quantitative estimate of drug-likeness (QED) is 0.819. The fourth-order valence-electron chi connectivity index (χ4n) is 4.46. The van der Waals surface area contributed by atoms with Gasteiger partial charge in [-0.25, -0.2) is 0 Å². The molecule has 5 unspecified atom stereocenters. The Kier molecular flexibility index (Phi) is 2.10. The van der Waals surface area contributed by atoms with E-state index < -0.39 is 6.23 Å². The van der Waals surface area contributed by atoms with Gasteiger partial charge in [-0.1, -0.05) is 18.2 Å². The fourth-order valence-corrected chi connectivity index (χ4v) is 4.46. The lowest BCUT2D eigenvalue weighted by Gasteiger charge is -2.26. The van der Waals surface area contributed by atoms with Gasteiger partial charge >= 0.3 is 0 Å². The van der Waals surface area contributed by atoms with Crippen LogP contribution in [0.25, 0.3) is 0 Å². The zero-order chi connectivity index (χ0) is 12.3. The third-order valence-electron chi connectivity index (χ3n) is 5.15. The van der Waals surface area contributed by atoms with Crippen LogP contribution in [0.1, 0.15) is 19.3 Å². The van der Waals surface area contributed by atoms with Crippen LogP contribution in [-0.2, 0) is 4.79 Å². The van der Waals surface area contributed by atoms with E-state index >= 15 is 0 Å². The van der Waals surface area contributed by atoms with Crippen LogP contribution in [0.4, 0.5) is 5.69 Å². The third kappa shape index (κ3) is 1.20. The minimum Gasteiger partial charge on any atom is -0.373 e. The predicted octanol–water partition coefficient (Wildman–Crippen LogP) is 2.01. The second kappa shape index (κ2) is 3.58. The van der Waals surface area contributed by atoms with Crippen molar-refractivity contribution in [2.24, 2.45) is 23.7 Å². The number of carbonyl (C=O) groups excluding carboxylic acids is 1. The molecule has 3 nitrogen and oxygen atoms in total. The molecule has 0 radical (unpaired) electrons. The van der Waals surface area contributed by atoms with Crippen molar-refractivity contribution in [1.82, 2.24) is 0 Å². The molecular formula is C15H17NO2. The van der Waals surface area contributed by atoms with Crippen molar-refractivity contribution in [2.75, 3.05) is 4.90 Å². The van der Waals surface area contributed by atoms with Crippen LogP contribution in [0.15, 0.2) is 30.3 Å². The molecule has 3 fully saturated rings. The molecule has 1 aliphatic heterocycles. The first-order valence-electron chi connectivity index (χ1n) is 6.83. The number of rotatable bonds is 1. The smallest absolute Gasteiger partial charge is 0.232 e. The molecule has 1 saturated heterocycles. The molecule has 1 aromatic rings. The van der Waals surface area contributed by atoms with Gasteiger partial charge in [-0.2, -0.15) is 0 Å². The van der Waals surface area contributed by atoms with Crippen LogP contribution in [0, 0.1) is 23.7 Å². The molecule has 94 valence electrons. The number of hydrogen-bond donors (Lipinski definition) is 1. The van der Waals surface area contributed by atoms with E-state index in [1.165, 1.54) is 12.8 Å². The highest BCUT2D eigenvalue weighted by Gasteiger charge is 2.60. The van der Waals surface area contributed by atoms with Gasteiger partial charge in [0, 0.05) is 17.5 Å². The van der Waals surface area contributed by atoms with Crippen molar-refractivity contribution in [3.05, 3.63) is 30.3 Å². The number of fused-ring (bicyclic) bond motifs is 5. The van der Waals surface area contributed by atoms with Crippen molar-refractivity contribution in [2.45, 2.75) is 25.5 Å². The van der Waals surface area contributed by atoms with E-state index in [-0.39, 0.29) is 17.7 Å².